The van der Waals surface area contributed by atoms with Crippen LogP contribution in [-0.4, -0.2) is 15.7 Å². The third kappa shape index (κ3) is 3.48. The number of anilines is 1. The SMILES string of the molecule is CCn1cc(COC(=O)c2cc(N)cc(Cl)c2)cn1. The predicted molar refractivity (Wildman–Crippen MR) is 72.9 cm³/mol. The van der Waals surface area contributed by atoms with Gasteiger partial charge in [0, 0.05) is 29.0 Å². The molecule has 5 nitrogen and oxygen atoms in total. The molecule has 1 heterocycles. The van der Waals surface area contributed by atoms with Gasteiger partial charge in [0.15, 0.2) is 0 Å². The Bertz CT molecular complexity index is 575. The van der Waals surface area contributed by atoms with E-state index < -0.39 is 5.97 Å². The zero-order valence-corrected chi connectivity index (χ0v) is 11.2. The number of halogens is 1. The number of hydrogen-bond donors (Lipinski definition) is 1. The summed E-state index contributed by atoms with van der Waals surface area (Å²) >= 11 is 5.83. The van der Waals surface area contributed by atoms with Crippen LogP contribution in [0.3, 0.4) is 0 Å². The van der Waals surface area contributed by atoms with Gasteiger partial charge in [-0.25, -0.2) is 4.79 Å². The average molecular weight is 280 g/mol. The number of esters is 1. The molecule has 0 unspecified atom stereocenters. The molecule has 0 fully saturated rings. The minimum atomic E-state index is -0.460. The molecule has 0 saturated heterocycles. The van der Waals surface area contributed by atoms with Gasteiger partial charge in [-0.05, 0) is 25.1 Å². The number of aryl methyl sites for hydroxylation is 1. The summed E-state index contributed by atoms with van der Waals surface area (Å²) < 4.78 is 6.94. The fraction of sp³-hybridized carbons (Fsp3) is 0.231. The maximum Gasteiger partial charge on any atom is 0.338 e. The van der Waals surface area contributed by atoms with Crippen molar-refractivity contribution in [3.63, 3.8) is 0 Å². The molecule has 2 aromatic rings. The van der Waals surface area contributed by atoms with E-state index in [0.717, 1.165) is 12.1 Å². The van der Waals surface area contributed by atoms with Crippen LogP contribution in [0.1, 0.15) is 22.8 Å². The number of carbonyl (C=O) groups is 1. The van der Waals surface area contributed by atoms with Gasteiger partial charge in [-0.2, -0.15) is 5.10 Å². The van der Waals surface area contributed by atoms with Gasteiger partial charge in [-0.1, -0.05) is 11.6 Å². The standard InChI is InChI=1S/C13H14ClN3O2/c1-2-17-7-9(6-16-17)8-19-13(18)10-3-11(14)5-12(15)4-10/h3-7H,2,8,15H2,1H3. The summed E-state index contributed by atoms with van der Waals surface area (Å²) in [4.78, 5) is 11.8. The predicted octanol–water partition coefficient (Wildman–Crippen LogP) is 2.50. The van der Waals surface area contributed by atoms with Crippen molar-refractivity contribution in [1.82, 2.24) is 9.78 Å². The van der Waals surface area contributed by atoms with Crippen molar-refractivity contribution in [3.8, 4) is 0 Å². The van der Waals surface area contributed by atoms with Crippen LogP contribution in [0.4, 0.5) is 5.69 Å². The largest absolute Gasteiger partial charge is 0.457 e. The second kappa shape index (κ2) is 5.75. The number of rotatable bonds is 4. The van der Waals surface area contributed by atoms with Crippen LogP contribution in [0, 0.1) is 0 Å². The Balaban J connectivity index is 2.00. The maximum absolute atomic E-state index is 11.8. The molecule has 0 radical (unpaired) electrons. The molecule has 0 aliphatic rings. The van der Waals surface area contributed by atoms with Gasteiger partial charge in [-0.3, -0.25) is 4.68 Å². The van der Waals surface area contributed by atoms with E-state index in [9.17, 15) is 4.79 Å². The van der Waals surface area contributed by atoms with Gasteiger partial charge in [0.1, 0.15) is 6.61 Å². The molecule has 0 aliphatic heterocycles. The number of benzene rings is 1. The highest BCUT2D eigenvalue weighted by Gasteiger charge is 2.10. The van der Waals surface area contributed by atoms with E-state index in [0.29, 0.717) is 16.3 Å². The van der Waals surface area contributed by atoms with Crippen molar-refractivity contribution in [1.29, 1.82) is 0 Å². The van der Waals surface area contributed by atoms with E-state index in [-0.39, 0.29) is 6.61 Å². The Morgan fingerprint density at radius 2 is 2.26 bits per heavy atom. The second-order valence-corrected chi connectivity index (χ2v) is 4.49. The van der Waals surface area contributed by atoms with Crippen LogP contribution < -0.4 is 5.73 Å². The van der Waals surface area contributed by atoms with Crippen LogP contribution >= 0.6 is 11.6 Å². The Labute approximate surface area is 115 Å². The van der Waals surface area contributed by atoms with Gasteiger partial charge in [0.05, 0.1) is 11.8 Å². The summed E-state index contributed by atoms with van der Waals surface area (Å²) in [7, 11) is 0. The number of aromatic nitrogens is 2. The molecule has 2 N–H and O–H groups in total. The minimum Gasteiger partial charge on any atom is -0.457 e. The summed E-state index contributed by atoms with van der Waals surface area (Å²) in [5, 5.41) is 4.51. The van der Waals surface area contributed by atoms with Gasteiger partial charge < -0.3 is 10.5 Å². The lowest BCUT2D eigenvalue weighted by molar-refractivity contribution is 0.0472. The number of nitrogen functional groups attached to an aromatic ring is 1. The van der Waals surface area contributed by atoms with Crippen LogP contribution in [-0.2, 0) is 17.9 Å². The average Bonchev–Trinajstić information content (AvgIpc) is 2.82. The highest BCUT2D eigenvalue weighted by molar-refractivity contribution is 6.31. The summed E-state index contributed by atoms with van der Waals surface area (Å²) in [5.41, 5.74) is 7.23. The number of ether oxygens (including phenoxy) is 1. The molecule has 100 valence electrons. The lowest BCUT2D eigenvalue weighted by Gasteiger charge is -2.04. The van der Waals surface area contributed by atoms with E-state index in [4.69, 9.17) is 22.1 Å². The normalized spacial score (nSPS) is 10.4. The maximum atomic E-state index is 11.8. The van der Waals surface area contributed by atoms with Crippen LogP contribution in [0.25, 0.3) is 0 Å². The first-order chi connectivity index (χ1) is 9.08. The molecule has 0 spiro atoms. The van der Waals surface area contributed by atoms with Crippen molar-refractivity contribution in [2.24, 2.45) is 0 Å². The molecule has 0 bridgehead atoms. The molecule has 0 amide bonds. The zero-order valence-electron chi connectivity index (χ0n) is 10.5. The first-order valence-electron chi connectivity index (χ1n) is 5.83. The van der Waals surface area contributed by atoms with E-state index >= 15 is 0 Å². The molecule has 0 saturated carbocycles. The van der Waals surface area contributed by atoms with Gasteiger partial charge in [0.2, 0.25) is 0 Å². The molecular formula is C13H14ClN3O2. The Morgan fingerprint density at radius 1 is 1.47 bits per heavy atom. The van der Waals surface area contributed by atoms with Gasteiger partial charge >= 0.3 is 5.97 Å². The van der Waals surface area contributed by atoms with Crippen molar-refractivity contribution in [3.05, 3.63) is 46.7 Å². The highest BCUT2D eigenvalue weighted by atomic mass is 35.5. The van der Waals surface area contributed by atoms with Gasteiger partial charge in [0.25, 0.3) is 0 Å². The molecule has 2 rings (SSSR count). The van der Waals surface area contributed by atoms with E-state index in [1.165, 1.54) is 12.1 Å². The third-order valence-electron chi connectivity index (χ3n) is 2.54. The van der Waals surface area contributed by atoms with Gasteiger partial charge in [-0.15, -0.1) is 0 Å². The molecule has 1 aromatic carbocycles. The summed E-state index contributed by atoms with van der Waals surface area (Å²) in [5.74, 6) is -0.460. The summed E-state index contributed by atoms with van der Waals surface area (Å²) in [6.45, 7) is 2.93. The lowest BCUT2D eigenvalue weighted by Crippen LogP contribution is -2.05. The minimum absolute atomic E-state index is 0.172. The van der Waals surface area contributed by atoms with E-state index in [1.54, 1.807) is 16.9 Å². The molecule has 0 atom stereocenters. The third-order valence-corrected chi connectivity index (χ3v) is 2.75. The monoisotopic (exact) mass is 279 g/mol. The molecular weight excluding hydrogens is 266 g/mol. The van der Waals surface area contributed by atoms with E-state index in [1.807, 2.05) is 13.1 Å². The lowest BCUT2D eigenvalue weighted by atomic mass is 10.2. The quantitative estimate of drug-likeness (QED) is 0.689. The fourth-order valence-corrected chi connectivity index (χ4v) is 1.86. The molecule has 0 aliphatic carbocycles. The Kier molecular flexibility index (Phi) is 4.06. The first kappa shape index (κ1) is 13.4. The van der Waals surface area contributed by atoms with Crippen molar-refractivity contribution in [2.75, 3.05) is 5.73 Å². The molecule has 6 heteroatoms. The topological polar surface area (TPSA) is 70.1 Å². The molecule has 19 heavy (non-hydrogen) atoms. The number of nitrogens with two attached hydrogens (primary N) is 1. The Hall–Kier alpha value is -2.01. The fourth-order valence-electron chi connectivity index (χ4n) is 1.62. The number of nitrogens with zero attached hydrogens (tertiary/aromatic N) is 2. The molecule has 1 aromatic heterocycles. The van der Waals surface area contributed by atoms with Crippen molar-refractivity contribution in [2.45, 2.75) is 20.1 Å². The first-order valence-corrected chi connectivity index (χ1v) is 6.21. The Morgan fingerprint density at radius 3 is 2.89 bits per heavy atom. The smallest absolute Gasteiger partial charge is 0.338 e. The van der Waals surface area contributed by atoms with Crippen molar-refractivity contribution >= 4 is 23.3 Å². The van der Waals surface area contributed by atoms with Crippen LogP contribution in [0.5, 0.6) is 0 Å². The summed E-state index contributed by atoms with van der Waals surface area (Å²) in [6, 6.07) is 4.63. The van der Waals surface area contributed by atoms with Crippen LogP contribution in [0.15, 0.2) is 30.6 Å². The highest BCUT2D eigenvalue weighted by Crippen LogP contribution is 2.17. The second-order valence-electron chi connectivity index (χ2n) is 4.05. The zero-order chi connectivity index (χ0) is 13.8. The number of carbonyl (C=O) groups excluding carboxylic acids is 1. The summed E-state index contributed by atoms with van der Waals surface area (Å²) in [6.07, 6.45) is 3.50. The van der Waals surface area contributed by atoms with Crippen LogP contribution in [0.2, 0.25) is 5.02 Å². The number of hydrogen-bond acceptors (Lipinski definition) is 4. The van der Waals surface area contributed by atoms with E-state index in [2.05, 4.69) is 5.10 Å². The van der Waals surface area contributed by atoms with Crippen molar-refractivity contribution < 1.29 is 9.53 Å².